The van der Waals surface area contributed by atoms with Crippen molar-refractivity contribution in [3.63, 3.8) is 0 Å². The van der Waals surface area contributed by atoms with Crippen LogP contribution in [0.5, 0.6) is 0 Å². The van der Waals surface area contributed by atoms with Crippen LogP contribution in [0, 0.1) is 13.8 Å². The quantitative estimate of drug-likeness (QED) is 0.481. The lowest BCUT2D eigenvalue weighted by atomic mass is 9.95. The summed E-state index contributed by atoms with van der Waals surface area (Å²) in [5, 5.41) is 14.7. The number of aryl methyl sites for hydroxylation is 2. The molecule has 7 nitrogen and oxygen atoms in total. The number of rotatable bonds is 5. The number of fused-ring (bicyclic) bond motifs is 1. The molecule has 0 unspecified atom stereocenters. The molecule has 0 spiro atoms. The molecular weight excluding hydrogens is 400 g/mol. The van der Waals surface area contributed by atoms with E-state index in [-0.39, 0.29) is 5.91 Å². The number of amides is 1. The van der Waals surface area contributed by atoms with Gasteiger partial charge in [0.05, 0.1) is 17.3 Å². The summed E-state index contributed by atoms with van der Waals surface area (Å²) in [6, 6.07) is 5.29. The molecule has 0 radical (unpaired) electrons. The molecule has 4 rings (SSSR count). The lowest BCUT2D eigenvalue weighted by molar-refractivity contribution is 0.0695. The zero-order valence-corrected chi connectivity index (χ0v) is 17.6. The first-order chi connectivity index (χ1) is 14.5. The number of thiophene rings is 1. The highest BCUT2D eigenvalue weighted by atomic mass is 32.1. The molecule has 154 valence electrons. The normalized spacial score (nSPS) is 13.4. The standard InChI is InChI=1S/C22H22N4O3S/c1-13-10-16(12-24-25-20(27)15-6-5-9-23-11-15)14(2)26(13)21-19(22(28)29)17-7-3-4-8-18(17)30-21/h5-6,9-12H,3-4,7-8H2,1-2H3,(H,25,27)(H,28,29). The Balaban J connectivity index is 1.64. The Bertz CT molecular complexity index is 1150. The van der Waals surface area contributed by atoms with Crippen LogP contribution in [0.15, 0.2) is 35.7 Å². The highest BCUT2D eigenvalue weighted by molar-refractivity contribution is 7.15. The molecule has 0 aromatic carbocycles. The minimum absolute atomic E-state index is 0.341. The third-order valence-electron chi connectivity index (χ3n) is 5.33. The molecule has 0 bridgehead atoms. The summed E-state index contributed by atoms with van der Waals surface area (Å²) in [4.78, 5) is 29.3. The smallest absolute Gasteiger partial charge is 0.339 e. The lowest BCUT2D eigenvalue weighted by Gasteiger charge is -2.11. The number of aromatic nitrogens is 2. The molecular formula is C22H22N4O3S. The third kappa shape index (κ3) is 3.66. The van der Waals surface area contributed by atoms with Gasteiger partial charge < -0.3 is 9.67 Å². The molecule has 1 aliphatic carbocycles. The fourth-order valence-electron chi connectivity index (χ4n) is 3.88. The molecule has 30 heavy (non-hydrogen) atoms. The van der Waals surface area contributed by atoms with E-state index in [0.717, 1.165) is 53.2 Å². The molecule has 3 aromatic rings. The monoisotopic (exact) mass is 422 g/mol. The molecule has 3 heterocycles. The number of hydrogen-bond donors (Lipinski definition) is 2. The Labute approximate surface area is 178 Å². The Morgan fingerprint density at radius 1 is 1.30 bits per heavy atom. The van der Waals surface area contributed by atoms with Crippen molar-refractivity contribution in [2.45, 2.75) is 39.5 Å². The maximum atomic E-state index is 12.1. The molecule has 0 atom stereocenters. The minimum Gasteiger partial charge on any atom is -0.478 e. The van der Waals surface area contributed by atoms with E-state index in [9.17, 15) is 14.7 Å². The van der Waals surface area contributed by atoms with Crippen molar-refractivity contribution in [3.05, 3.63) is 69.1 Å². The van der Waals surface area contributed by atoms with Gasteiger partial charge in [-0.3, -0.25) is 9.78 Å². The van der Waals surface area contributed by atoms with Crippen molar-refractivity contribution in [2.24, 2.45) is 5.10 Å². The Morgan fingerprint density at radius 2 is 2.10 bits per heavy atom. The number of hydrogen-bond acceptors (Lipinski definition) is 5. The summed E-state index contributed by atoms with van der Waals surface area (Å²) >= 11 is 1.57. The Morgan fingerprint density at radius 3 is 2.83 bits per heavy atom. The summed E-state index contributed by atoms with van der Waals surface area (Å²) in [5.74, 6) is -1.22. The topological polar surface area (TPSA) is 96.6 Å². The van der Waals surface area contributed by atoms with Gasteiger partial charge in [-0.15, -0.1) is 11.3 Å². The van der Waals surface area contributed by atoms with Crippen LogP contribution < -0.4 is 5.43 Å². The largest absolute Gasteiger partial charge is 0.478 e. The number of hydrazone groups is 1. The van der Waals surface area contributed by atoms with Crippen LogP contribution >= 0.6 is 11.3 Å². The molecule has 3 aromatic heterocycles. The van der Waals surface area contributed by atoms with Crippen LogP contribution in [0.1, 0.15) is 60.9 Å². The van der Waals surface area contributed by atoms with Gasteiger partial charge in [-0.1, -0.05) is 0 Å². The first kappa shape index (κ1) is 20.0. The van der Waals surface area contributed by atoms with E-state index >= 15 is 0 Å². The number of carboxylic acids is 1. The van der Waals surface area contributed by atoms with E-state index in [1.807, 2.05) is 24.5 Å². The van der Waals surface area contributed by atoms with Gasteiger partial charge in [0.25, 0.3) is 5.91 Å². The van der Waals surface area contributed by atoms with Crippen molar-refractivity contribution in [1.82, 2.24) is 15.0 Å². The molecule has 2 N–H and O–H groups in total. The van der Waals surface area contributed by atoms with Gasteiger partial charge in [0, 0.05) is 34.2 Å². The maximum Gasteiger partial charge on any atom is 0.339 e. The summed E-state index contributed by atoms with van der Waals surface area (Å²) in [5.41, 5.74) is 6.96. The van der Waals surface area contributed by atoms with Crippen LogP contribution in [0.3, 0.4) is 0 Å². The minimum atomic E-state index is -0.879. The van der Waals surface area contributed by atoms with E-state index in [4.69, 9.17) is 0 Å². The zero-order valence-electron chi connectivity index (χ0n) is 16.8. The van der Waals surface area contributed by atoms with Gasteiger partial charge in [-0.25, -0.2) is 10.2 Å². The maximum absolute atomic E-state index is 12.1. The molecule has 1 amide bonds. The number of carbonyl (C=O) groups excluding carboxylic acids is 1. The second-order valence-electron chi connectivity index (χ2n) is 7.30. The molecule has 8 heteroatoms. The third-order valence-corrected chi connectivity index (χ3v) is 6.61. The Hall–Kier alpha value is -3.26. The molecule has 1 aliphatic rings. The lowest BCUT2D eigenvalue weighted by Crippen LogP contribution is -2.17. The average molecular weight is 423 g/mol. The van der Waals surface area contributed by atoms with Gasteiger partial charge >= 0.3 is 5.97 Å². The fraction of sp³-hybridized carbons (Fsp3) is 0.273. The first-order valence-corrected chi connectivity index (χ1v) is 10.6. The van der Waals surface area contributed by atoms with Crippen LogP contribution in [0.4, 0.5) is 0 Å². The van der Waals surface area contributed by atoms with Gasteiger partial charge in [0.2, 0.25) is 0 Å². The average Bonchev–Trinajstić information content (AvgIpc) is 3.25. The van der Waals surface area contributed by atoms with Gasteiger partial charge in [-0.2, -0.15) is 5.10 Å². The number of aromatic carboxylic acids is 1. The van der Waals surface area contributed by atoms with Crippen LogP contribution in [0.25, 0.3) is 5.00 Å². The zero-order chi connectivity index (χ0) is 21.3. The predicted molar refractivity (Wildman–Crippen MR) is 116 cm³/mol. The SMILES string of the molecule is Cc1cc(C=NNC(=O)c2cccnc2)c(C)n1-c1sc2c(c1C(=O)O)CCCC2. The summed E-state index contributed by atoms with van der Waals surface area (Å²) < 4.78 is 1.98. The van der Waals surface area contributed by atoms with Crippen molar-refractivity contribution in [1.29, 1.82) is 0 Å². The number of carbonyl (C=O) groups is 2. The van der Waals surface area contributed by atoms with Gasteiger partial charge in [0.15, 0.2) is 0 Å². The molecule has 0 saturated heterocycles. The number of pyridine rings is 1. The second-order valence-corrected chi connectivity index (χ2v) is 8.38. The molecule has 0 aliphatic heterocycles. The van der Waals surface area contributed by atoms with Crippen LogP contribution in [-0.4, -0.2) is 32.7 Å². The van der Waals surface area contributed by atoms with E-state index in [1.165, 1.54) is 11.1 Å². The molecule has 0 saturated carbocycles. The second kappa shape index (κ2) is 8.23. The van der Waals surface area contributed by atoms with Crippen molar-refractivity contribution >= 4 is 29.4 Å². The van der Waals surface area contributed by atoms with E-state index in [2.05, 4.69) is 15.5 Å². The van der Waals surface area contributed by atoms with Crippen molar-refractivity contribution < 1.29 is 14.7 Å². The fourth-order valence-corrected chi connectivity index (χ4v) is 5.37. The molecule has 0 fully saturated rings. The van der Waals surface area contributed by atoms with Gasteiger partial charge in [-0.05, 0) is 63.3 Å². The summed E-state index contributed by atoms with van der Waals surface area (Å²) in [6.45, 7) is 3.88. The van der Waals surface area contributed by atoms with E-state index in [1.54, 1.807) is 35.9 Å². The van der Waals surface area contributed by atoms with E-state index < -0.39 is 5.97 Å². The number of nitrogens with one attached hydrogen (secondary N) is 1. The number of carboxylic acid groups (broad SMARTS) is 1. The van der Waals surface area contributed by atoms with Gasteiger partial charge in [0.1, 0.15) is 5.00 Å². The highest BCUT2D eigenvalue weighted by Gasteiger charge is 2.27. The summed E-state index contributed by atoms with van der Waals surface area (Å²) in [7, 11) is 0. The Kier molecular flexibility index (Phi) is 5.50. The highest BCUT2D eigenvalue weighted by Crippen LogP contribution is 2.38. The summed E-state index contributed by atoms with van der Waals surface area (Å²) in [6.07, 6.45) is 8.55. The van der Waals surface area contributed by atoms with Crippen molar-refractivity contribution in [2.75, 3.05) is 0 Å². The first-order valence-electron chi connectivity index (χ1n) is 9.78. The van der Waals surface area contributed by atoms with Crippen molar-refractivity contribution in [3.8, 4) is 5.00 Å². The number of nitrogens with zero attached hydrogens (tertiary/aromatic N) is 3. The van der Waals surface area contributed by atoms with Crippen LogP contribution in [-0.2, 0) is 12.8 Å². The van der Waals surface area contributed by atoms with Crippen LogP contribution in [0.2, 0.25) is 0 Å². The van der Waals surface area contributed by atoms with E-state index in [0.29, 0.717) is 11.1 Å². The predicted octanol–water partition coefficient (Wildman–Crippen LogP) is 3.89.